The second-order valence-electron chi connectivity index (χ2n) is 5.05. The number of nitrogens with one attached hydrogen (secondary N) is 1. The molecule has 0 unspecified atom stereocenters. The molecule has 3 heterocycles. The number of hydrogen-bond donors (Lipinski definition) is 2. The van der Waals surface area contributed by atoms with Crippen LogP contribution in [0.2, 0.25) is 0 Å². The molecule has 2 aromatic heterocycles. The van der Waals surface area contributed by atoms with E-state index >= 15 is 0 Å². The Morgan fingerprint density at radius 1 is 1.14 bits per heavy atom. The molecule has 3 N–H and O–H groups in total. The number of nitrogens with zero attached hydrogens (tertiary/aromatic N) is 5. The van der Waals surface area contributed by atoms with E-state index < -0.39 is 0 Å². The molecule has 1 aromatic carbocycles. The Bertz CT molecular complexity index is 810. The third-order valence-electron chi connectivity index (χ3n) is 3.66. The Kier molecular flexibility index (Phi) is 3.08. The Morgan fingerprint density at radius 2 is 2.00 bits per heavy atom. The van der Waals surface area contributed by atoms with Crippen molar-refractivity contribution in [3.8, 4) is 11.4 Å². The van der Waals surface area contributed by atoms with Gasteiger partial charge in [-0.1, -0.05) is 12.1 Å². The molecule has 0 aliphatic carbocycles. The van der Waals surface area contributed by atoms with Crippen molar-refractivity contribution in [3.63, 3.8) is 0 Å². The Hall–Kier alpha value is -2.74. The second kappa shape index (κ2) is 5.23. The summed E-state index contributed by atoms with van der Waals surface area (Å²) >= 11 is 0. The molecular formula is C14H15N7O. The lowest BCUT2D eigenvalue weighted by Crippen LogP contribution is -2.37. The van der Waals surface area contributed by atoms with Crippen LogP contribution < -0.4 is 10.6 Å². The molecule has 1 aliphatic heterocycles. The number of nitrogens with two attached hydrogens (primary N) is 1. The van der Waals surface area contributed by atoms with Gasteiger partial charge in [0.25, 0.3) is 0 Å². The van der Waals surface area contributed by atoms with E-state index in [4.69, 9.17) is 10.5 Å². The van der Waals surface area contributed by atoms with Crippen LogP contribution in [0.5, 0.6) is 0 Å². The van der Waals surface area contributed by atoms with Gasteiger partial charge in [-0.25, -0.2) is 0 Å². The van der Waals surface area contributed by atoms with Gasteiger partial charge in [-0.15, -0.1) is 0 Å². The van der Waals surface area contributed by atoms with Gasteiger partial charge in [0.15, 0.2) is 5.82 Å². The molecule has 112 valence electrons. The van der Waals surface area contributed by atoms with Crippen LogP contribution in [0.25, 0.3) is 22.3 Å². The average molecular weight is 297 g/mol. The third kappa shape index (κ3) is 2.23. The van der Waals surface area contributed by atoms with E-state index in [2.05, 4.69) is 30.0 Å². The zero-order valence-corrected chi connectivity index (χ0v) is 11.9. The highest BCUT2D eigenvalue weighted by molar-refractivity contribution is 5.92. The van der Waals surface area contributed by atoms with Crippen molar-refractivity contribution in [2.75, 3.05) is 36.9 Å². The number of fused-ring (bicyclic) bond motifs is 1. The molecule has 8 heteroatoms. The Labute approximate surface area is 126 Å². The third-order valence-corrected chi connectivity index (χ3v) is 3.66. The smallest absolute Gasteiger partial charge is 0.230 e. The van der Waals surface area contributed by atoms with Crippen molar-refractivity contribution in [1.29, 1.82) is 0 Å². The molecule has 0 radical (unpaired) electrons. The minimum Gasteiger partial charge on any atom is -0.378 e. The van der Waals surface area contributed by atoms with Crippen LogP contribution in [0.3, 0.4) is 0 Å². The van der Waals surface area contributed by atoms with Gasteiger partial charge < -0.3 is 15.4 Å². The van der Waals surface area contributed by atoms with E-state index in [9.17, 15) is 0 Å². The lowest BCUT2D eigenvalue weighted by atomic mass is 10.1. The van der Waals surface area contributed by atoms with Gasteiger partial charge in [0.1, 0.15) is 0 Å². The normalized spacial score (nSPS) is 15.4. The van der Waals surface area contributed by atoms with E-state index in [-0.39, 0.29) is 5.95 Å². The highest BCUT2D eigenvalue weighted by atomic mass is 16.5. The molecule has 0 atom stereocenters. The summed E-state index contributed by atoms with van der Waals surface area (Å²) in [7, 11) is 0. The quantitative estimate of drug-likeness (QED) is 0.721. The van der Waals surface area contributed by atoms with Crippen LogP contribution in [0.4, 0.5) is 11.9 Å². The largest absolute Gasteiger partial charge is 0.378 e. The summed E-state index contributed by atoms with van der Waals surface area (Å²) in [5.41, 5.74) is 7.70. The first kappa shape index (κ1) is 13.0. The van der Waals surface area contributed by atoms with Gasteiger partial charge in [-0.3, -0.25) is 5.10 Å². The fourth-order valence-corrected chi connectivity index (χ4v) is 2.57. The minimum atomic E-state index is 0.215. The van der Waals surface area contributed by atoms with E-state index in [0.717, 1.165) is 29.6 Å². The highest BCUT2D eigenvalue weighted by Gasteiger charge is 2.17. The summed E-state index contributed by atoms with van der Waals surface area (Å²) in [6.07, 6.45) is 1.76. The standard InChI is InChI=1S/C14H15N7O/c15-13-17-12(9-2-1-3-11-10(9)8-16-20-11)18-14(19-13)21-4-6-22-7-5-21/h1-3,8H,4-7H2,(H,16,20)(H2,15,17,18,19). The number of benzene rings is 1. The minimum absolute atomic E-state index is 0.215. The Balaban J connectivity index is 1.81. The average Bonchev–Trinajstić information content (AvgIpc) is 3.03. The van der Waals surface area contributed by atoms with Gasteiger partial charge in [-0.05, 0) is 6.07 Å². The van der Waals surface area contributed by atoms with E-state index in [1.807, 2.05) is 18.2 Å². The molecule has 22 heavy (non-hydrogen) atoms. The summed E-state index contributed by atoms with van der Waals surface area (Å²) in [4.78, 5) is 15.2. The predicted molar refractivity (Wildman–Crippen MR) is 82.4 cm³/mol. The van der Waals surface area contributed by atoms with Crippen LogP contribution in [-0.4, -0.2) is 51.5 Å². The predicted octanol–water partition coefficient (Wildman–Crippen LogP) is 0.834. The molecule has 1 aliphatic rings. The second-order valence-corrected chi connectivity index (χ2v) is 5.05. The SMILES string of the molecule is Nc1nc(-c2cccc3[nH]ncc23)nc(N2CCOCC2)n1. The Morgan fingerprint density at radius 3 is 2.86 bits per heavy atom. The lowest BCUT2D eigenvalue weighted by molar-refractivity contribution is 0.122. The molecule has 1 fully saturated rings. The van der Waals surface area contributed by atoms with Crippen molar-refractivity contribution >= 4 is 22.8 Å². The number of aromatic amines is 1. The van der Waals surface area contributed by atoms with Crippen LogP contribution >= 0.6 is 0 Å². The lowest BCUT2D eigenvalue weighted by Gasteiger charge is -2.26. The first-order valence-electron chi connectivity index (χ1n) is 7.08. The fourth-order valence-electron chi connectivity index (χ4n) is 2.57. The van der Waals surface area contributed by atoms with Gasteiger partial charge in [0.2, 0.25) is 11.9 Å². The fraction of sp³-hybridized carbons (Fsp3) is 0.286. The van der Waals surface area contributed by atoms with E-state index in [1.165, 1.54) is 0 Å². The zero-order chi connectivity index (χ0) is 14.9. The van der Waals surface area contributed by atoms with E-state index in [0.29, 0.717) is 25.0 Å². The number of ether oxygens (including phenoxy) is 1. The van der Waals surface area contributed by atoms with Crippen molar-refractivity contribution < 1.29 is 4.74 Å². The van der Waals surface area contributed by atoms with Gasteiger partial charge in [0, 0.05) is 24.0 Å². The van der Waals surface area contributed by atoms with Crippen LogP contribution in [0.15, 0.2) is 24.4 Å². The van der Waals surface area contributed by atoms with Crippen molar-refractivity contribution in [2.45, 2.75) is 0 Å². The van der Waals surface area contributed by atoms with Gasteiger partial charge >= 0.3 is 0 Å². The number of aromatic nitrogens is 5. The number of nitrogen functional groups attached to an aromatic ring is 1. The molecule has 3 aromatic rings. The molecular weight excluding hydrogens is 282 g/mol. The molecule has 0 spiro atoms. The van der Waals surface area contributed by atoms with E-state index in [1.54, 1.807) is 6.20 Å². The van der Waals surface area contributed by atoms with Crippen LogP contribution in [0.1, 0.15) is 0 Å². The molecule has 1 saturated heterocycles. The maximum Gasteiger partial charge on any atom is 0.230 e. The molecule has 8 nitrogen and oxygen atoms in total. The topological polar surface area (TPSA) is 106 Å². The van der Waals surface area contributed by atoms with Crippen LogP contribution in [0, 0.1) is 0 Å². The summed E-state index contributed by atoms with van der Waals surface area (Å²) in [6, 6.07) is 5.85. The van der Waals surface area contributed by atoms with Crippen molar-refractivity contribution in [2.24, 2.45) is 0 Å². The maximum absolute atomic E-state index is 5.88. The summed E-state index contributed by atoms with van der Waals surface area (Å²) in [5.74, 6) is 1.36. The van der Waals surface area contributed by atoms with Crippen LogP contribution in [-0.2, 0) is 4.74 Å². The summed E-state index contributed by atoms with van der Waals surface area (Å²) < 4.78 is 5.36. The highest BCUT2D eigenvalue weighted by Crippen LogP contribution is 2.26. The summed E-state index contributed by atoms with van der Waals surface area (Å²) in [6.45, 7) is 2.83. The zero-order valence-electron chi connectivity index (χ0n) is 11.9. The first-order chi connectivity index (χ1) is 10.8. The molecule has 4 rings (SSSR count). The maximum atomic E-state index is 5.88. The number of morpholine rings is 1. The number of hydrogen-bond acceptors (Lipinski definition) is 7. The van der Waals surface area contributed by atoms with Crippen molar-refractivity contribution in [1.82, 2.24) is 25.1 Å². The molecule has 0 bridgehead atoms. The first-order valence-corrected chi connectivity index (χ1v) is 7.08. The number of H-pyrrole nitrogens is 1. The van der Waals surface area contributed by atoms with Crippen molar-refractivity contribution in [3.05, 3.63) is 24.4 Å². The number of rotatable bonds is 2. The molecule has 0 saturated carbocycles. The van der Waals surface area contributed by atoms with Gasteiger partial charge in [0.05, 0.1) is 24.9 Å². The van der Waals surface area contributed by atoms with Gasteiger partial charge in [-0.2, -0.15) is 20.1 Å². The summed E-state index contributed by atoms with van der Waals surface area (Å²) in [5, 5.41) is 7.97. The molecule has 0 amide bonds. The monoisotopic (exact) mass is 297 g/mol. The number of anilines is 2.